The molecule has 1 atom stereocenters. The van der Waals surface area contributed by atoms with Gasteiger partial charge in [0, 0.05) is 0 Å². The van der Waals surface area contributed by atoms with Crippen LogP contribution in [0.3, 0.4) is 0 Å². The zero-order chi connectivity index (χ0) is 10.7. The van der Waals surface area contributed by atoms with Crippen molar-refractivity contribution < 1.29 is 4.79 Å². The first-order valence-electron chi connectivity index (χ1n) is 4.30. The quantitative estimate of drug-likeness (QED) is 0.735. The van der Waals surface area contributed by atoms with Gasteiger partial charge in [-0.2, -0.15) is 0 Å². The third-order valence-corrected chi connectivity index (χ3v) is 3.58. The summed E-state index contributed by atoms with van der Waals surface area (Å²) in [4.78, 5) is 11.7. The van der Waals surface area contributed by atoms with Crippen molar-refractivity contribution >= 4 is 37.3 Å². The van der Waals surface area contributed by atoms with Crippen LogP contribution in [0.15, 0.2) is 12.1 Å². The number of rotatable bonds is 3. The van der Waals surface area contributed by atoms with Crippen LogP contribution in [0.25, 0.3) is 0 Å². The second-order valence-electron chi connectivity index (χ2n) is 2.91. The number of halogens is 2. The van der Waals surface area contributed by atoms with Crippen molar-refractivity contribution in [1.29, 1.82) is 0 Å². The van der Waals surface area contributed by atoms with E-state index in [9.17, 15) is 4.79 Å². The molecule has 0 aliphatic heterocycles. The zero-order valence-electron chi connectivity index (χ0n) is 8.03. The van der Waals surface area contributed by atoms with E-state index in [1.165, 1.54) is 0 Å². The summed E-state index contributed by atoms with van der Waals surface area (Å²) < 4.78 is 0. The fraction of sp³-hybridized carbons (Fsp3) is 0.300. The van der Waals surface area contributed by atoms with Gasteiger partial charge in [-0.15, -0.1) is 0 Å². The highest BCUT2D eigenvalue weighted by Crippen LogP contribution is 2.32. The Bertz CT molecular complexity index is 363. The van der Waals surface area contributed by atoms with Crippen molar-refractivity contribution in [2.45, 2.75) is 13.8 Å². The average Bonchev–Trinajstić information content (AvgIpc) is 2.13. The Labute approximate surface area is 95.6 Å². The minimum Gasteiger partial charge on any atom is -0.289 e. The lowest BCUT2D eigenvalue weighted by Gasteiger charge is -2.07. The van der Waals surface area contributed by atoms with Crippen molar-refractivity contribution in [3.8, 4) is 0 Å². The number of benzene rings is 1. The minimum atomic E-state index is 0.0474. The summed E-state index contributed by atoms with van der Waals surface area (Å²) in [5.74, 6) is 0. The number of aryl methyl sites for hydroxylation is 1. The Morgan fingerprint density at radius 1 is 1.43 bits per heavy atom. The van der Waals surface area contributed by atoms with Gasteiger partial charge in [0.2, 0.25) is 0 Å². The monoisotopic (exact) mass is 248 g/mol. The van der Waals surface area contributed by atoms with Gasteiger partial charge in [0.1, 0.15) is 0 Å². The van der Waals surface area contributed by atoms with E-state index < -0.39 is 0 Å². The number of carbonyl (C=O) groups is 1. The second kappa shape index (κ2) is 5.11. The van der Waals surface area contributed by atoms with Gasteiger partial charge in [0.05, 0.1) is 15.6 Å². The molecule has 4 heteroatoms. The molecular formula is C10H11Cl2OP. The summed E-state index contributed by atoms with van der Waals surface area (Å²) >= 11 is 12.0. The molecule has 0 aromatic heterocycles. The predicted molar refractivity (Wildman–Crippen MR) is 64.4 cm³/mol. The lowest BCUT2D eigenvalue weighted by atomic mass is 10.1. The maximum atomic E-state index is 11.7. The molecule has 0 aliphatic carbocycles. The highest BCUT2D eigenvalue weighted by atomic mass is 35.5. The van der Waals surface area contributed by atoms with E-state index in [1.54, 1.807) is 6.07 Å². The normalized spacial score (nSPS) is 11.1. The van der Waals surface area contributed by atoms with Gasteiger partial charge in [-0.05, 0) is 33.3 Å². The fourth-order valence-electron chi connectivity index (χ4n) is 1.11. The second-order valence-corrected chi connectivity index (χ2v) is 5.21. The summed E-state index contributed by atoms with van der Waals surface area (Å²) in [5.41, 5.74) is 1.42. The molecule has 76 valence electrons. The lowest BCUT2D eigenvalue weighted by molar-refractivity contribution is 0.108. The van der Waals surface area contributed by atoms with Crippen LogP contribution in [0.2, 0.25) is 10.0 Å². The average molecular weight is 249 g/mol. The topological polar surface area (TPSA) is 17.1 Å². The van der Waals surface area contributed by atoms with Crippen LogP contribution in [0.4, 0.5) is 0 Å². The van der Waals surface area contributed by atoms with Gasteiger partial charge in [0.25, 0.3) is 0 Å². The van der Waals surface area contributed by atoms with Crippen LogP contribution in [0.5, 0.6) is 0 Å². The Hall–Kier alpha value is -0.100. The molecular weight excluding hydrogens is 238 g/mol. The van der Waals surface area contributed by atoms with Crippen LogP contribution in [-0.4, -0.2) is 11.7 Å². The van der Waals surface area contributed by atoms with E-state index >= 15 is 0 Å². The van der Waals surface area contributed by atoms with Gasteiger partial charge in [0.15, 0.2) is 5.52 Å². The largest absolute Gasteiger partial charge is 0.289 e. The third kappa shape index (κ3) is 2.48. The van der Waals surface area contributed by atoms with E-state index in [0.29, 0.717) is 15.6 Å². The summed E-state index contributed by atoms with van der Waals surface area (Å²) in [7, 11) is 0.247. The predicted octanol–water partition coefficient (Wildman–Crippen LogP) is 4.14. The van der Waals surface area contributed by atoms with E-state index in [-0.39, 0.29) is 14.1 Å². The molecule has 0 spiro atoms. The molecule has 1 unspecified atom stereocenters. The maximum Gasteiger partial charge on any atom is 0.184 e. The van der Waals surface area contributed by atoms with Crippen molar-refractivity contribution in [3.63, 3.8) is 0 Å². The molecule has 0 N–H and O–H groups in total. The van der Waals surface area contributed by atoms with Gasteiger partial charge in [-0.25, -0.2) is 0 Å². The minimum absolute atomic E-state index is 0.0474. The molecule has 14 heavy (non-hydrogen) atoms. The van der Waals surface area contributed by atoms with Crippen molar-refractivity contribution in [2.75, 3.05) is 6.16 Å². The molecule has 0 aliphatic rings. The van der Waals surface area contributed by atoms with Gasteiger partial charge in [-0.3, -0.25) is 4.79 Å². The number of carbonyl (C=O) groups excluding carboxylic acids is 1. The Kier molecular flexibility index (Phi) is 4.37. The Morgan fingerprint density at radius 3 is 2.64 bits per heavy atom. The van der Waals surface area contributed by atoms with Crippen LogP contribution in [0.1, 0.15) is 22.8 Å². The summed E-state index contributed by atoms with van der Waals surface area (Å²) in [6.45, 7) is 3.83. The summed E-state index contributed by atoms with van der Waals surface area (Å²) in [6, 6.07) is 3.53. The maximum absolute atomic E-state index is 11.7. The lowest BCUT2D eigenvalue weighted by Crippen LogP contribution is -1.96. The van der Waals surface area contributed by atoms with Gasteiger partial charge >= 0.3 is 0 Å². The van der Waals surface area contributed by atoms with Crippen LogP contribution >= 0.6 is 31.8 Å². The molecule has 0 radical (unpaired) electrons. The zero-order valence-corrected chi connectivity index (χ0v) is 10.5. The third-order valence-electron chi connectivity index (χ3n) is 1.85. The first-order valence-corrected chi connectivity index (χ1v) is 6.27. The Balaban J connectivity index is 3.18. The molecule has 1 rings (SSSR count). The molecule has 1 aromatic carbocycles. The van der Waals surface area contributed by atoms with Crippen LogP contribution in [-0.2, 0) is 0 Å². The van der Waals surface area contributed by atoms with Crippen LogP contribution in [0, 0.1) is 6.92 Å². The molecule has 0 fully saturated rings. The molecule has 0 heterocycles. The van der Waals surface area contributed by atoms with Crippen molar-refractivity contribution in [1.82, 2.24) is 0 Å². The number of hydrogen-bond donors (Lipinski definition) is 0. The smallest absolute Gasteiger partial charge is 0.184 e. The molecule has 0 bridgehead atoms. The van der Waals surface area contributed by atoms with E-state index in [0.717, 1.165) is 11.7 Å². The summed E-state index contributed by atoms with van der Waals surface area (Å²) in [6.07, 6.45) is 0.833. The van der Waals surface area contributed by atoms with E-state index in [4.69, 9.17) is 23.2 Å². The molecule has 0 saturated heterocycles. The van der Waals surface area contributed by atoms with Gasteiger partial charge < -0.3 is 0 Å². The van der Waals surface area contributed by atoms with Gasteiger partial charge in [-0.1, -0.05) is 36.2 Å². The molecule has 0 saturated carbocycles. The van der Waals surface area contributed by atoms with Crippen molar-refractivity contribution in [3.05, 3.63) is 33.3 Å². The SMILES string of the molecule is CCPC(=O)c1c(Cl)ccc(C)c1Cl. The Morgan fingerprint density at radius 2 is 2.07 bits per heavy atom. The highest BCUT2D eigenvalue weighted by Gasteiger charge is 2.15. The first kappa shape index (κ1) is 12.0. The van der Waals surface area contributed by atoms with E-state index in [2.05, 4.69) is 0 Å². The van der Waals surface area contributed by atoms with E-state index in [1.807, 2.05) is 19.9 Å². The molecule has 0 amide bonds. The molecule has 1 aromatic rings. The fourth-order valence-corrected chi connectivity index (χ4v) is 2.57. The number of hydrogen-bond acceptors (Lipinski definition) is 1. The highest BCUT2D eigenvalue weighted by molar-refractivity contribution is 7.58. The van der Waals surface area contributed by atoms with Crippen molar-refractivity contribution in [2.24, 2.45) is 0 Å². The van der Waals surface area contributed by atoms with Crippen LogP contribution < -0.4 is 0 Å². The summed E-state index contributed by atoms with van der Waals surface area (Å²) in [5, 5.41) is 0.940. The standard InChI is InChI=1S/C10H11Cl2OP/c1-3-14-10(13)8-7(11)5-4-6(2)9(8)12/h4-5,14H,3H2,1-2H3. The molecule has 1 nitrogen and oxygen atoms in total. The first-order chi connectivity index (χ1) is 6.57.